The number of hydrogen-bond donors (Lipinski definition) is 7. The van der Waals surface area contributed by atoms with Crippen LogP contribution in [0.2, 0.25) is 0 Å². The minimum absolute atomic E-state index is 0.0749. The van der Waals surface area contributed by atoms with Crippen molar-refractivity contribution < 1.29 is 51.5 Å². The molecule has 6 atom stereocenters. The molecule has 16 nitrogen and oxygen atoms in total. The molecule has 1 aromatic heterocycles. The number of phosphoric acid groups is 3. The van der Waals surface area contributed by atoms with Gasteiger partial charge in [-0.3, -0.25) is 19.6 Å². The summed E-state index contributed by atoms with van der Waals surface area (Å²) >= 11 is 5.04. The lowest BCUT2D eigenvalue weighted by atomic mass is 10.0. The summed E-state index contributed by atoms with van der Waals surface area (Å²) in [5.41, 5.74) is -0.212. The quantitative estimate of drug-likeness (QED) is 0.168. The second-order valence-electron chi connectivity index (χ2n) is 6.23. The van der Waals surface area contributed by atoms with Gasteiger partial charge < -0.3 is 29.2 Å². The standard InChI is InChI=1S/C11H17N4O12P3S/c1-5-3-15(11(31)14-10(5)17)9-6(2-12)8(16)7(13-9)4-25-29(21,22)27-30(23,24)26-28(18,19)20/h3,6-9,13,16H,4H2,1H3,(H,21,22)(H,23,24)(H,14,17,31)(H2,18,19,20)/t6?,7-,8-,9+/m0/s1. The molecule has 1 fully saturated rings. The highest BCUT2D eigenvalue weighted by atomic mass is 32.1. The van der Waals surface area contributed by atoms with Gasteiger partial charge in [-0.25, -0.2) is 13.7 Å². The number of nitrogens with one attached hydrogen (secondary N) is 2. The average molecular weight is 522 g/mol. The topological polar surface area (TPSA) is 254 Å². The normalized spacial score (nSPS) is 27.9. The maximum Gasteiger partial charge on any atom is 0.490 e. The molecular formula is C11H17N4O12P3S. The highest BCUT2D eigenvalue weighted by Gasteiger charge is 2.46. The van der Waals surface area contributed by atoms with Gasteiger partial charge in [-0.05, 0) is 19.1 Å². The van der Waals surface area contributed by atoms with Crippen molar-refractivity contribution in [3.8, 4) is 6.07 Å². The van der Waals surface area contributed by atoms with Gasteiger partial charge in [-0.1, -0.05) is 0 Å². The highest BCUT2D eigenvalue weighted by Crippen LogP contribution is 2.66. The van der Waals surface area contributed by atoms with E-state index in [4.69, 9.17) is 26.9 Å². The van der Waals surface area contributed by atoms with Gasteiger partial charge in [0.05, 0.1) is 24.8 Å². The molecule has 1 saturated heterocycles. The monoisotopic (exact) mass is 522 g/mol. The zero-order chi connectivity index (χ0) is 23.8. The summed E-state index contributed by atoms with van der Waals surface area (Å²) in [5.74, 6) is -1.16. The molecule has 0 aromatic carbocycles. The van der Waals surface area contributed by atoms with Gasteiger partial charge >= 0.3 is 23.5 Å². The lowest BCUT2D eigenvalue weighted by Gasteiger charge is -2.20. The fourth-order valence-electron chi connectivity index (χ4n) is 2.68. The summed E-state index contributed by atoms with van der Waals surface area (Å²) < 4.78 is 46.7. The number of aromatic nitrogens is 2. The van der Waals surface area contributed by atoms with Gasteiger partial charge in [-0.15, -0.1) is 0 Å². The molecule has 1 aromatic rings. The minimum atomic E-state index is -5.69. The Morgan fingerprint density at radius 1 is 1.23 bits per heavy atom. The number of hydrogen-bond acceptors (Lipinski definition) is 11. The molecule has 0 bridgehead atoms. The van der Waals surface area contributed by atoms with Crippen LogP contribution in [0.1, 0.15) is 11.7 Å². The molecule has 20 heteroatoms. The Labute approximate surface area is 178 Å². The summed E-state index contributed by atoms with van der Waals surface area (Å²) in [6.07, 6.45) is -1.14. The molecule has 1 aliphatic heterocycles. The highest BCUT2D eigenvalue weighted by molar-refractivity contribution is 7.71. The third-order valence-electron chi connectivity index (χ3n) is 3.93. The van der Waals surface area contributed by atoms with Crippen LogP contribution in [0.3, 0.4) is 0 Å². The predicted octanol–water partition coefficient (Wildman–Crippen LogP) is -0.471. The zero-order valence-corrected chi connectivity index (χ0v) is 18.8. The molecule has 0 saturated carbocycles. The van der Waals surface area contributed by atoms with Gasteiger partial charge in [0, 0.05) is 11.8 Å². The first-order valence-electron chi connectivity index (χ1n) is 7.99. The number of aliphatic hydroxyl groups is 1. The van der Waals surface area contributed by atoms with E-state index in [0.29, 0.717) is 0 Å². The van der Waals surface area contributed by atoms with Crippen molar-refractivity contribution in [3.63, 3.8) is 0 Å². The minimum Gasteiger partial charge on any atom is -0.390 e. The third kappa shape index (κ3) is 6.95. The van der Waals surface area contributed by atoms with Gasteiger partial charge in [-0.2, -0.15) is 13.9 Å². The Morgan fingerprint density at radius 3 is 2.39 bits per heavy atom. The van der Waals surface area contributed by atoms with Crippen LogP contribution < -0.4 is 10.9 Å². The number of aromatic amines is 1. The number of nitriles is 1. The maximum absolute atomic E-state index is 11.8. The molecule has 3 unspecified atom stereocenters. The van der Waals surface area contributed by atoms with Gasteiger partial charge in [0.25, 0.3) is 5.56 Å². The van der Waals surface area contributed by atoms with Crippen LogP contribution in [0.4, 0.5) is 0 Å². The lowest BCUT2D eigenvalue weighted by molar-refractivity contribution is 0.0951. The predicted molar refractivity (Wildman–Crippen MR) is 102 cm³/mol. The fourth-order valence-corrected chi connectivity index (χ4v) is 5.98. The molecule has 174 valence electrons. The Morgan fingerprint density at radius 2 is 1.84 bits per heavy atom. The Balaban J connectivity index is 2.15. The van der Waals surface area contributed by atoms with E-state index in [1.54, 1.807) is 0 Å². The summed E-state index contributed by atoms with van der Waals surface area (Å²) in [4.78, 5) is 49.7. The smallest absolute Gasteiger partial charge is 0.390 e. The van der Waals surface area contributed by atoms with E-state index >= 15 is 0 Å². The Kier molecular flexibility index (Phi) is 7.95. The van der Waals surface area contributed by atoms with Gasteiger partial charge in [0.2, 0.25) is 0 Å². The fraction of sp³-hybridized carbons (Fsp3) is 0.545. The SMILES string of the molecule is Cc1cn([C@H]2N[C@@H](COP(=O)(O)OP(=O)(O)OP(=O)(O)O)[C@@H](O)C2C#N)c(=S)[nH]c1=O. The van der Waals surface area contributed by atoms with Crippen LogP contribution in [0.25, 0.3) is 0 Å². The molecule has 0 aliphatic carbocycles. The molecule has 0 radical (unpaired) electrons. The first-order chi connectivity index (χ1) is 14.1. The zero-order valence-electron chi connectivity index (χ0n) is 15.3. The van der Waals surface area contributed by atoms with Crippen LogP contribution in [-0.4, -0.2) is 53.0 Å². The Bertz CT molecular complexity index is 1140. The van der Waals surface area contributed by atoms with E-state index in [0.717, 1.165) is 0 Å². The van der Waals surface area contributed by atoms with Crippen LogP contribution in [-0.2, 0) is 26.8 Å². The van der Waals surface area contributed by atoms with Crippen molar-refractivity contribution >= 4 is 35.7 Å². The van der Waals surface area contributed by atoms with E-state index in [-0.39, 0.29) is 10.3 Å². The number of nitrogens with zero attached hydrogens (tertiary/aromatic N) is 2. The number of aryl methyl sites for hydroxylation is 1. The van der Waals surface area contributed by atoms with E-state index in [1.165, 1.54) is 17.7 Å². The van der Waals surface area contributed by atoms with Gasteiger partial charge in [0.15, 0.2) is 4.77 Å². The first-order valence-corrected chi connectivity index (χ1v) is 12.9. The van der Waals surface area contributed by atoms with Crippen molar-refractivity contribution in [1.29, 1.82) is 5.26 Å². The molecule has 31 heavy (non-hydrogen) atoms. The molecule has 0 spiro atoms. The van der Waals surface area contributed by atoms with Crippen LogP contribution in [0, 0.1) is 28.9 Å². The third-order valence-corrected chi connectivity index (χ3v) is 8.05. The Hall–Kier alpha value is -1.08. The lowest BCUT2D eigenvalue weighted by Crippen LogP contribution is -2.36. The molecule has 0 amide bonds. The van der Waals surface area contributed by atoms with E-state index in [9.17, 15) is 33.8 Å². The number of phosphoric ester groups is 1. The van der Waals surface area contributed by atoms with Crippen molar-refractivity contribution in [3.05, 3.63) is 26.9 Å². The molecule has 7 N–H and O–H groups in total. The maximum atomic E-state index is 11.8. The second kappa shape index (κ2) is 9.42. The van der Waals surface area contributed by atoms with Crippen molar-refractivity contribution in [1.82, 2.24) is 14.9 Å². The first kappa shape index (κ1) is 26.2. The van der Waals surface area contributed by atoms with Crippen molar-refractivity contribution in [2.75, 3.05) is 6.61 Å². The second-order valence-corrected chi connectivity index (χ2v) is 11.0. The van der Waals surface area contributed by atoms with Crippen molar-refractivity contribution in [2.45, 2.75) is 25.2 Å². The van der Waals surface area contributed by atoms with E-state index in [1.807, 2.05) is 6.07 Å². The summed E-state index contributed by atoms with van der Waals surface area (Å²) in [7, 11) is -16.7. The number of aliphatic hydroxyl groups excluding tert-OH is 1. The van der Waals surface area contributed by atoms with E-state index in [2.05, 4.69) is 23.4 Å². The summed E-state index contributed by atoms with van der Waals surface area (Å²) in [6, 6.07) is 0.633. The van der Waals surface area contributed by atoms with Crippen LogP contribution in [0.5, 0.6) is 0 Å². The van der Waals surface area contributed by atoms with Gasteiger partial charge in [0.1, 0.15) is 12.1 Å². The summed E-state index contributed by atoms with van der Waals surface area (Å²) in [5, 5.41) is 22.5. The van der Waals surface area contributed by atoms with E-state index < -0.39 is 59.9 Å². The van der Waals surface area contributed by atoms with Crippen LogP contribution in [0.15, 0.2) is 11.0 Å². The average Bonchev–Trinajstić information content (AvgIpc) is 2.88. The molecule has 2 heterocycles. The van der Waals surface area contributed by atoms with Crippen molar-refractivity contribution in [2.24, 2.45) is 5.92 Å². The number of H-pyrrole nitrogens is 1. The molecular weight excluding hydrogens is 505 g/mol. The summed E-state index contributed by atoms with van der Waals surface area (Å²) in [6.45, 7) is 0.624. The molecule has 2 rings (SSSR count). The number of rotatable bonds is 8. The van der Waals surface area contributed by atoms with Crippen LogP contribution >= 0.6 is 35.7 Å². The molecule has 1 aliphatic rings. The largest absolute Gasteiger partial charge is 0.490 e.